The van der Waals surface area contributed by atoms with Gasteiger partial charge in [0.05, 0.1) is 35.0 Å². The zero-order valence-electron chi connectivity index (χ0n) is 23.5. The second kappa shape index (κ2) is 10.5. The van der Waals surface area contributed by atoms with Crippen LogP contribution in [0.1, 0.15) is 55.4 Å². The molecule has 1 aliphatic heterocycles. The topological polar surface area (TPSA) is 118 Å². The molecule has 1 N–H and O–H groups in total. The molecule has 0 unspecified atom stereocenters. The van der Waals surface area contributed by atoms with E-state index >= 15 is 0 Å². The molecular weight excluding hydrogens is 506 g/mol. The zero-order valence-corrected chi connectivity index (χ0v) is 23.5. The van der Waals surface area contributed by atoms with E-state index in [1.165, 1.54) is 25.6 Å². The molecule has 2 aliphatic rings. The molecule has 11 heteroatoms. The molecular formula is C29H35N9O2. The van der Waals surface area contributed by atoms with Gasteiger partial charge >= 0.3 is 0 Å². The number of piperazine rings is 1. The number of aryl methyl sites for hydroxylation is 1. The third kappa shape index (κ3) is 5.74. The maximum atomic E-state index is 13.0. The third-order valence-electron chi connectivity index (χ3n) is 7.52. The fourth-order valence-electron chi connectivity index (χ4n) is 4.86. The normalized spacial score (nSPS) is 16.4. The number of nitrogens with one attached hydrogen (secondary N) is 1. The lowest BCUT2D eigenvalue weighted by Crippen LogP contribution is -2.47. The summed E-state index contributed by atoms with van der Waals surface area (Å²) in [7, 11) is 0. The van der Waals surface area contributed by atoms with Crippen molar-refractivity contribution in [3.8, 4) is 16.9 Å². The molecule has 1 aliphatic carbocycles. The average molecular weight is 542 g/mol. The first-order valence-corrected chi connectivity index (χ1v) is 13.8. The summed E-state index contributed by atoms with van der Waals surface area (Å²) in [4.78, 5) is 26.9. The molecule has 0 aromatic carbocycles. The summed E-state index contributed by atoms with van der Waals surface area (Å²) < 4.78 is 7.02. The van der Waals surface area contributed by atoms with Crippen molar-refractivity contribution in [3.63, 3.8) is 0 Å². The SMILES string of the molecule is Cc1ncc(C(=O)Nc2cc(C(C)(C)C)on2)cc1-n1cc(-c2cncc(N3CCN(CC4CC4)CC3)c2)nn1. The first-order chi connectivity index (χ1) is 19.2. The van der Waals surface area contributed by atoms with E-state index in [0.29, 0.717) is 28.5 Å². The summed E-state index contributed by atoms with van der Waals surface area (Å²) in [5, 5.41) is 15.5. The van der Waals surface area contributed by atoms with E-state index in [-0.39, 0.29) is 11.3 Å². The van der Waals surface area contributed by atoms with E-state index < -0.39 is 0 Å². The minimum atomic E-state index is -0.336. The third-order valence-corrected chi connectivity index (χ3v) is 7.52. The Balaban J connectivity index is 1.16. The van der Waals surface area contributed by atoms with Crippen molar-refractivity contribution in [3.05, 3.63) is 60.0 Å². The van der Waals surface area contributed by atoms with Crippen LogP contribution in [0.4, 0.5) is 11.5 Å². The molecule has 0 atom stereocenters. The molecule has 2 fully saturated rings. The summed E-state index contributed by atoms with van der Waals surface area (Å²) in [6, 6.07) is 5.60. The lowest BCUT2D eigenvalue weighted by molar-refractivity contribution is 0.102. The lowest BCUT2D eigenvalue weighted by atomic mass is 9.93. The molecule has 6 rings (SSSR count). The van der Waals surface area contributed by atoms with Crippen LogP contribution in [0.15, 0.2) is 47.5 Å². The number of anilines is 2. The minimum Gasteiger partial charge on any atom is -0.368 e. The summed E-state index contributed by atoms with van der Waals surface area (Å²) >= 11 is 0. The Kier molecular flexibility index (Phi) is 6.83. The van der Waals surface area contributed by atoms with Gasteiger partial charge in [0.1, 0.15) is 11.5 Å². The largest absolute Gasteiger partial charge is 0.368 e. The van der Waals surface area contributed by atoms with Crippen molar-refractivity contribution in [2.75, 3.05) is 42.9 Å². The molecule has 4 aromatic rings. The highest BCUT2D eigenvalue weighted by Gasteiger charge is 2.27. The molecule has 5 heterocycles. The summed E-state index contributed by atoms with van der Waals surface area (Å²) in [5.74, 6) is 1.63. The monoisotopic (exact) mass is 541 g/mol. The van der Waals surface area contributed by atoms with Crippen LogP contribution in [0.25, 0.3) is 16.9 Å². The summed E-state index contributed by atoms with van der Waals surface area (Å²) in [6.07, 6.45) is 9.88. The Hall–Kier alpha value is -4.12. The Morgan fingerprint density at radius 2 is 1.88 bits per heavy atom. The smallest absolute Gasteiger partial charge is 0.258 e. The van der Waals surface area contributed by atoms with Gasteiger partial charge in [-0.25, -0.2) is 4.68 Å². The zero-order chi connectivity index (χ0) is 27.9. The quantitative estimate of drug-likeness (QED) is 0.369. The minimum absolute atomic E-state index is 0.209. The van der Waals surface area contributed by atoms with E-state index in [2.05, 4.69) is 46.6 Å². The second-order valence-electron chi connectivity index (χ2n) is 11.8. The van der Waals surface area contributed by atoms with Crippen LogP contribution in [0, 0.1) is 12.8 Å². The molecule has 1 saturated carbocycles. The highest BCUT2D eigenvalue weighted by molar-refractivity contribution is 6.03. The van der Waals surface area contributed by atoms with Crippen LogP contribution in [-0.2, 0) is 5.41 Å². The van der Waals surface area contributed by atoms with Gasteiger partial charge < -0.3 is 14.7 Å². The maximum absolute atomic E-state index is 13.0. The number of hydrogen-bond donors (Lipinski definition) is 1. The van der Waals surface area contributed by atoms with Crippen LogP contribution < -0.4 is 10.2 Å². The maximum Gasteiger partial charge on any atom is 0.258 e. The van der Waals surface area contributed by atoms with Gasteiger partial charge in [0.25, 0.3) is 5.91 Å². The highest BCUT2D eigenvalue weighted by Crippen LogP contribution is 2.30. The van der Waals surface area contributed by atoms with E-state index in [9.17, 15) is 4.79 Å². The number of amides is 1. The van der Waals surface area contributed by atoms with Crippen molar-refractivity contribution in [2.24, 2.45) is 5.92 Å². The van der Waals surface area contributed by atoms with Gasteiger partial charge in [-0.1, -0.05) is 31.1 Å². The van der Waals surface area contributed by atoms with Crippen LogP contribution in [0.3, 0.4) is 0 Å². The first kappa shape index (κ1) is 26.1. The van der Waals surface area contributed by atoms with Crippen molar-refractivity contribution < 1.29 is 9.32 Å². The van der Waals surface area contributed by atoms with Gasteiger partial charge in [0.15, 0.2) is 5.82 Å². The summed E-state index contributed by atoms with van der Waals surface area (Å²) in [5.41, 5.74) is 4.24. The summed E-state index contributed by atoms with van der Waals surface area (Å²) in [6.45, 7) is 13.3. The van der Waals surface area contributed by atoms with Crippen LogP contribution in [0.5, 0.6) is 0 Å². The molecule has 11 nitrogen and oxygen atoms in total. The number of pyridine rings is 2. The van der Waals surface area contributed by atoms with Crippen molar-refractivity contribution in [1.82, 2.24) is 35.0 Å². The number of carbonyl (C=O) groups excluding carboxylic acids is 1. The molecule has 1 amide bonds. The predicted molar refractivity (Wildman–Crippen MR) is 152 cm³/mol. The molecule has 4 aromatic heterocycles. The van der Waals surface area contributed by atoms with Gasteiger partial charge in [0, 0.05) is 62.2 Å². The van der Waals surface area contributed by atoms with Gasteiger partial charge in [-0.2, -0.15) is 0 Å². The van der Waals surface area contributed by atoms with Gasteiger partial charge in [-0.05, 0) is 37.8 Å². The van der Waals surface area contributed by atoms with E-state index in [0.717, 1.165) is 49.0 Å². The average Bonchev–Trinajstić information content (AvgIpc) is 3.40. The van der Waals surface area contributed by atoms with E-state index in [4.69, 9.17) is 4.52 Å². The van der Waals surface area contributed by atoms with Gasteiger partial charge in [-0.3, -0.25) is 19.7 Å². The van der Waals surface area contributed by atoms with Crippen LogP contribution >= 0.6 is 0 Å². The molecule has 0 spiro atoms. The standard InChI is InChI=1S/C29H35N9O2/c1-19-25(12-22(15-31-19)28(39)32-27-13-26(40-34-27)29(2,3)4)38-18-24(33-35-38)21-11-23(16-30-14-21)37-9-7-36(8-10-37)17-20-5-6-20/h11-16,18,20H,5-10,17H2,1-4H3,(H,32,34,39). The van der Waals surface area contributed by atoms with Crippen molar-refractivity contribution in [2.45, 2.75) is 46.0 Å². The van der Waals surface area contributed by atoms with Crippen molar-refractivity contribution >= 4 is 17.4 Å². The fourth-order valence-corrected chi connectivity index (χ4v) is 4.86. The number of carbonyl (C=O) groups is 1. The molecule has 0 bridgehead atoms. The van der Waals surface area contributed by atoms with Crippen LogP contribution in [-0.4, -0.2) is 73.6 Å². The lowest BCUT2D eigenvalue weighted by Gasteiger charge is -2.36. The number of nitrogens with zero attached hydrogens (tertiary/aromatic N) is 8. The first-order valence-electron chi connectivity index (χ1n) is 13.8. The second-order valence-corrected chi connectivity index (χ2v) is 11.8. The van der Waals surface area contributed by atoms with Gasteiger partial charge in [0.2, 0.25) is 0 Å². The molecule has 40 heavy (non-hydrogen) atoms. The van der Waals surface area contributed by atoms with E-state index in [1.807, 2.05) is 40.1 Å². The molecule has 1 saturated heterocycles. The predicted octanol–water partition coefficient (Wildman–Crippen LogP) is 4.10. The number of rotatable bonds is 7. The van der Waals surface area contributed by atoms with Crippen molar-refractivity contribution in [1.29, 1.82) is 0 Å². The highest BCUT2D eigenvalue weighted by atomic mass is 16.5. The molecule has 0 radical (unpaired) electrons. The number of hydrogen-bond acceptors (Lipinski definition) is 9. The Morgan fingerprint density at radius 1 is 1.07 bits per heavy atom. The Bertz CT molecular complexity index is 1510. The van der Waals surface area contributed by atoms with Gasteiger partial charge in [-0.15, -0.1) is 5.10 Å². The Morgan fingerprint density at radius 3 is 2.60 bits per heavy atom. The molecule has 208 valence electrons. The fraction of sp³-hybridized carbons (Fsp3) is 0.448. The van der Waals surface area contributed by atoms with E-state index in [1.54, 1.807) is 23.0 Å². The number of aromatic nitrogens is 6. The Labute approximate surface area is 233 Å². The van der Waals surface area contributed by atoms with Crippen LogP contribution in [0.2, 0.25) is 0 Å².